The molecular weight excluding hydrogens is 334 g/mol. The first-order valence-corrected chi connectivity index (χ1v) is 6.98. The molecule has 0 aliphatic carbocycles. The van der Waals surface area contributed by atoms with Gasteiger partial charge in [0.05, 0.1) is 5.02 Å². The van der Waals surface area contributed by atoms with Crippen LogP contribution in [-0.2, 0) is 0 Å². The normalized spacial score (nSPS) is 10.3. The van der Waals surface area contributed by atoms with Gasteiger partial charge in [0.2, 0.25) is 0 Å². The van der Waals surface area contributed by atoms with Crippen LogP contribution in [0, 0.1) is 5.41 Å². The quantitative estimate of drug-likeness (QED) is 0.656. The maximum absolute atomic E-state index is 7.37. The van der Waals surface area contributed by atoms with Crippen molar-refractivity contribution >= 4 is 45.1 Å². The molecule has 18 heavy (non-hydrogen) atoms. The summed E-state index contributed by atoms with van der Waals surface area (Å²) in [7, 11) is 0. The lowest BCUT2D eigenvalue weighted by atomic mass is 10.2. The van der Waals surface area contributed by atoms with E-state index in [1.807, 2.05) is 24.3 Å². The Morgan fingerprint density at radius 3 is 2.67 bits per heavy atom. The Bertz CT molecular complexity index is 586. The molecule has 3 nitrogen and oxygen atoms in total. The van der Waals surface area contributed by atoms with Crippen molar-refractivity contribution in [3.8, 4) is 0 Å². The predicted molar refractivity (Wildman–Crippen MR) is 78.5 cm³/mol. The second kappa shape index (κ2) is 5.73. The summed E-state index contributed by atoms with van der Waals surface area (Å²) in [6, 6.07) is 9.20. The number of halogens is 2. The van der Waals surface area contributed by atoms with Gasteiger partial charge in [0, 0.05) is 21.1 Å². The zero-order valence-corrected chi connectivity index (χ0v) is 12.3. The molecule has 1 aromatic heterocycles. The van der Waals surface area contributed by atoms with Gasteiger partial charge < -0.3 is 5.73 Å². The topological polar surface area (TPSA) is 62.8 Å². The van der Waals surface area contributed by atoms with E-state index in [9.17, 15) is 0 Å². The average molecular weight is 343 g/mol. The third-order valence-corrected chi connectivity index (χ3v) is 4.33. The van der Waals surface area contributed by atoms with Crippen molar-refractivity contribution < 1.29 is 0 Å². The number of pyridine rings is 1. The molecule has 2 rings (SSSR count). The first-order valence-electron chi connectivity index (χ1n) is 4.99. The highest BCUT2D eigenvalue weighted by atomic mass is 79.9. The summed E-state index contributed by atoms with van der Waals surface area (Å²) in [6.45, 7) is 0. The Morgan fingerprint density at radius 1 is 1.33 bits per heavy atom. The SMILES string of the molecule is N=C(N)c1ccc(Sc2ccc(Cl)cn2)c(Br)c1. The number of aromatic nitrogens is 1. The molecule has 0 unspecified atom stereocenters. The van der Waals surface area contributed by atoms with Gasteiger partial charge in [0.15, 0.2) is 0 Å². The number of nitrogens with two attached hydrogens (primary N) is 1. The molecule has 0 aliphatic heterocycles. The third-order valence-electron chi connectivity index (χ3n) is 2.16. The average Bonchev–Trinajstić information content (AvgIpc) is 2.34. The van der Waals surface area contributed by atoms with E-state index < -0.39 is 0 Å². The summed E-state index contributed by atoms with van der Waals surface area (Å²) < 4.78 is 0.886. The zero-order valence-electron chi connectivity index (χ0n) is 9.15. The van der Waals surface area contributed by atoms with Crippen LogP contribution in [0.3, 0.4) is 0 Å². The lowest BCUT2D eigenvalue weighted by molar-refractivity contribution is 1.13. The highest BCUT2D eigenvalue weighted by Crippen LogP contribution is 2.33. The zero-order chi connectivity index (χ0) is 13.1. The predicted octanol–water partition coefficient (Wildman–Crippen LogP) is 3.93. The summed E-state index contributed by atoms with van der Waals surface area (Å²) in [4.78, 5) is 5.22. The highest BCUT2D eigenvalue weighted by molar-refractivity contribution is 9.10. The molecule has 0 aliphatic rings. The van der Waals surface area contributed by atoms with E-state index in [0.717, 1.165) is 14.4 Å². The van der Waals surface area contributed by atoms with Crippen LogP contribution in [-0.4, -0.2) is 10.8 Å². The molecular formula is C12H9BrClN3S. The molecule has 0 saturated heterocycles. The Hall–Kier alpha value is -1.04. The molecule has 1 heterocycles. The van der Waals surface area contributed by atoms with Crippen molar-refractivity contribution in [1.29, 1.82) is 5.41 Å². The van der Waals surface area contributed by atoms with Gasteiger partial charge in [0.25, 0.3) is 0 Å². The van der Waals surface area contributed by atoms with Gasteiger partial charge in [-0.1, -0.05) is 29.4 Å². The molecule has 92 valence electrons. The van der Waals surface area contributed by atoms with Gasteiger partial charge in [-0.25, -0.2) is 4.98 Å². The van der Waals surface area contributed by atoms with Crippen molar-refractivity contribution in [1.82, 2.24) is 4.98 Å². The lowest BCUT2D eigenvalue weighted by Crippen LogP contribution is -2.10. The summed E-state index contributed by atoms with van der Waals surface area (Å²) in [5.74, 6) is 0.0527. The Kier molecular flexibility index (Phi) is 4.27. The van der Waals surface area contributed by atoms with E-state index in [0.29, 0.717) is 10.6 Å². The minimum absolute atomic E-state index is 0.0527. The second-order valence-electron chi connectivity index (χ2n) is 3.48. The van der Waals surface area contributed by atoms with Crippen molar-refractivity contribution in [2.75, 3.05) is 0 Å². The fraction of sp³-hybridized carbons (Fsp3) is 0. The largest absolute Gasteiger partial charge is 0.384 e. The van der Waals surface area contributed by atoms with Crippen LogP contribution in [0.2, 0.25) is 5.02 Å². The smallest absolute Gasteiger partial charge is 0.122 e. The Labute approximate surface area is 122 Å². The van der Waals surface area contributed by atoms with Gasteiger partial charge in [-0.05, 0) is 40.2 Å². The van der Waals surface area contributed by atoms with E-state index >= 15 is 0 Å². The molecule has 0 fully saturated rings. The molecule has 0 saturated carbocycles. The van der Waals surface area contributed by atoms with Crippen LogP contribution in [0.25, 0.3) is 0 Å². The molecule has 6 heteroatoms. The van der Waals surface area contributed by atoms with Crippen LogP contribution >= 0.6 is 39.3 Å². The number of hydrogen-bond acceptors (Lipinski definition) is 3. The van der Waals surface area contributed by atoms with Crippen LogP contribution in [0.4, 0.5) is 0 Å². The molecule has 0 atom stereocenters. The summed E-state index contributed by atoms with van der Waals surface area (Å²) in [6.07, 6.45) is 1.61. The fourth-order valence-corrected chi connectivity index (χ4v) is 2.78. The fourth-order valence-electron chi connectivity index (χ4n) is 1.29. The lowest BCUT2D eigenvalue weighted by Gasteiger charge is -2.06. The summed E-state index contributed by atoms with van der Waals surface area (Å²) in [5.41, 5.74) is 6.12. The number of nitrogen functional groups attached to an aromatic ring is 1. The maximum atomic E-state index is 7.37. The minimum Gasteiger partial charge on any atom is -0.384 e. The van der Waals surface area contributed by atoms with E-state index in [1.165, 1.54) is 11.8 Å². The van der Waals surface area contributed by atoms with Gasteiger partial charge in [0.1, 0.15) is 10.9 Å². The van der Waals surface area contributed by atoms with Crippen molar-refractivity contribution in [2.24, 2.45) is 5.73 Å². The first kappa shape index (κ1) is 13.4. The van der Waals surface area contributed by atoms with Gasteiger partial charge >= 0.3 is 0 Å². The minimum atomic E-state index is 0.0527. The van der Waals surface area contributed by atoms with Crippen molar-refractivity contribution in [2.45, 2.75) is 9.92 Å². The van der Waals surface area contributed by atoms with E-state index in [1.54, 1.807) is 12.3 Å². The van der Waals surface area contributed by atoms with Crippen LogP contribution < -0.4 is 5.73 Å². The Balaban J connectivity index is 2.24. The number of hydrogen-bond donors (Lipinski definition) is 2. The maximum Gasteiger partial charge on any atom is 0.122 e. The summed E-state index contributed by atoms with van der Waals surface area (Å²) in [5, 5.41) is 8.84. The van der Waals surface area contributed by atoms with Crippen molar-refractivity contribution in [3.63, 3.8) is 0 Å². The second-order valence-corrected chi connectivity index (χ2v) is 5.83. The monoisotopic (exact) mass is 341 g/mol. The molecule has 1 aromatic carbocycles. The molecule has 0 bridgehead atoms. The summed E-state index contributed by atoms with van der Waals surface area (Å²) >= 11 is 10.8. The van der Waals surface area contributed by atoms with E-state index in [2.05, 4.69) is 20.9 Å². The van der Waals surface area contributed by atoms with E-state index in [-0.39, 0.29) is 5.84 Å². The standard InChI is InChI=1S/C12H9BrClN3S/c13-9-5-7(12(15)16)1-3-10(9)18-11-4-2-8(14)6-17-11/h1-6H,(H3,15,16). The highest BCUT2D eigenvalue weighted by Gasteiger charge is 2.06. The van der Waals surface area contributed by atoms with E-state index in [4.69, 9.17) is 22.7 Å². The van der Waals surface area contributed by atoms with Crippen LogP contribution in [0.1, 0.15) is 5.56 Å². The first-order chi connectivity index (χ1) is 8.56. The number of rotatable bonds is 3. The van der Waals surface area contributed by atoms with Crippen molar-refractivity contribution in [3.05, 3.63) is 51.6 Å². The molecule has 0 radical (unpaired) electrons. The van der Waals surface area contributed by atoms with Crippen LogP contribution in [0.5, 0.6) is 0 Å². The molecule has 0 amide bonds. The molecule has 3 N–H and O–H groups in total. The number of nitrogens with zero attached hydrogens (tertiary/aromatic N) is 1. The molecule has 2 aromatic rings. The van der Waals surface area contributed by atoms with Crippen LogP contribution in [0.15, 0.2) is 50.9 Å². The Morgan fingerprint density at radius 2 is 2.11 bits per heavy atom. The number of benzene rings is 1. The number of nitrogens with one attached hydrogen (secondary N) is 1. The van der Waals surface area contributed by atoms with Gasteiger partial charge in [-0.2, -0.15) is 0 Å². The molecule has 0 spiro atoms. The van der Waals surface area contributed by atoms with Gasteiger partial charge in [-0.3, -0.25) is 5.41 Å². The van der Waals surface area contributed by atoms with Gasteiger partial charge in [-0.15, -0.1) is 0 Å². The third kappa shape index (κ3) is 3.25. The number of amidine groups is 1.